The molecule has 5 heteroatoms. The SMILES string of the molecule is Cn1c2ccccc2c2cc(C=C(NC(=O)c3ccccc3)C(N)=O)ccc21. The van der Waals surface area contributed by atoms with E-state index >= 15 is 0 Å². The largest absolute Gasteiger partial charge is 0.364 e. The maximum atomic E-state index is 12.4. The van der Waals surface area contributed by atoms with Crippen LogP contribution >= 0.6 is 0 Å². The van der Waals surface area contributed by atoms with E-state index in [2.05, 4.69) is 22.0 Å². The third kappa shape index (κ3) is 3.14. The lowest BCUT2D eigenvalue weighted by Crippen LogP contribution is -2.31. The van der Waals surface area contributed by atoms with Gasteiger partial charge in [0.05, 0.1) is 0 Å². The molecule has 138 valence electrons. The van der Waals surface area contributed by atoms with Crippen molar-refractivity contribution in [2.45, 2.75) is 0 Å². The second kappa shape index (κ2) is 7.04. The summed E-state index contributed by atoms with van der Waals surface area (Å²) >= 11 is 0. The van der Waals surface area contributed by atoms with Crippen LogP contribution in [0.3, 0.4) is 0 Å². The number of nitrogens with two attached hydrogens (primary N) is 1. The van der Waals surface area contributed by atoms with E-state index in [1.54, 1.807) is 30.3 Å². The molecule has 3 aromatic carbocycles. The molecule has 0 unspecified atom stereocenters. The van der Waals surface area contributed by atoms with Crippen molar-refractivity contribution in [1.29, 1.82) is 0 Å². The topological polar surface area (TPSA) is 77.1 Å². The summed E-state index contributed by atoms with van der Waals surface area (Å²) < 4.78 is 2.13. The summed E-state index contributed by atoms with van der Waals surface area (Å²) in [7, 11) is 2.02. The van der Waals surface area contributed by atoms with Crippen LogP contribution in [0.25, 0.3) is 27.9 Å². The van der Waals surface area contributed by atoms with Crippen LogP contribution in [0.5, 0.6) is 0 Å². The minimum absolute atomic E-state index is 0.0495. The van der Waals surface area contributed by atoms with Crippen molar-refractivity contribution >= 4 is 39.7 Å². The molecular formula is C23H19N3O2. The average molecular weight is 369 g/mol. The van der Waals surface area contributed by atoms with E-state index in [0.717, 1.165) is 27.4 Å². The van der Waals surface area contributed by atoms with Crippen LogP contribution in [-0.4, -0.2) is 16.4 Å². The van der Waals surface area contributed by atoms with E-state index in [1.165, 1.54) is 0 Å². The van der Waals surface area contributed by atoms with Crippen molar-refractivity contribution in [2.75, 3.05) is 0 Å². The number of carbonyl (C=O) groups is 2. The van der Waals surface area contributed by atoms with E-state index in [1.807, 2.05) is 43.4 Å². The first-order valence-electron chi connectivity index (χ1n) is 8.89. The molecule has 4 aromatic rings. The van der Waals surface area contributed by atoms with Gasteiger partial charge in [-0.1, -0.05) is 42.5 Å². The fraction of sp³-hybridized carbons (Fsp3) is 0.0435. The molecule has 0 radical (unpaired) electrons. The maximum Gasteiger partial charge on any atom is 0.265 e. The number of nitrogens with one attached hydrogen (secondary N) is 1. The molecule has 0 atom stereocenters. The Labute approximate surface area is 162 Å². The molecule has 28 heavy (non-hydrogen) atoms. The van der Waals surface area contributed by atoms with Crippen molar-refractivity contribution in [3.05, 3.63) is 89.6 Å². The molecule has 2 amide bonds. The van der Waals surface area contributed by atoms with Gasteiger partial charge >= 0.3 is 0 Å². The fourth-order valence-electron chi connectivity index (χ4n) is 3.39. The Morgan fingerprint density at radius 1 is 0.893 bits per heavy atom. The molecule has 0 saturated carbocycles. The minimum atomic E-state index is -0.692. The average Bonchev–Trinajstić information content (AvgIpc) is 3.00. The molecule has 0 fully saturated rings. The predicted molar refractivity (Wildman–Crippen MR) is 112 cm³/mol. The molecule has 1 aromatic heterocycles. The fourth-order valence-corrected chi connectivity index (χ4v) is 3.39. The van der Waals surface area contributed by atoms with Crippen molar-refractivity contribution in [3.8, 4) is 0 Å². The van der Waals surface area contributed by atoms with Crippen LogP contribution < -0.4 is 11.1 Å². The summed E-state index contributed by atoms with van der Waals surface area (Å²) in [4.78, 5) is 24.3. The molecule has 0 bridgehead atoms. The van der Waals surface area contributed by atoms with Crippen molar-refractivity contribution in [3.63, 3.8) is 0 Å². The van der Waals surface area contributed by atoms with Gasteiger partial charge in [0.25, 0.3) is 11.8 Å². The normalized spacial score (nSPS) is 11.7. The number of aromatic nitrogens is 1. The zero-order valence-corrected chi connectivity index (χ0v) is 15.3. The Morgan fingerprint density at radius 3 is 2.32 bits per heavy atom. The van der Waals surface area contributed by atoms with Gasteiger partial charge in [-0.3, -0.25) is 9.59 Å². The van der Waals surface area contributed by atoms with Crippen LogP contribution in [0.1, 0.15) is 15.9 Å². The lowest BCUT2D eigenvalue weighted by atomic mass is 10.1. The molecule has 3 N–H and O–H groups in total. The highest BCUT2D eigenvalue weighted by Crippen LogP contribution is 2.29. The standard InChI is InChI=1S/C23H19N3O2/c1-26-20-10-6-5-9-17(20)18-13-15(11-12-21(18)26)14-19(22(24)27)25-23(28)16-7-3-2-4-8-16/h2-14H,1H3,(H2,24,27)(H,25,28). The number of amides is 2. The predicted octanol–water partition coefficient (Wildman–Crippen LogP) is 3.59. The Balaban J connectivity index is 1.74. The zero-order valence-electron chi connectivity index (χ0n) is 15.3. The number of primary amides is 1. The van der Waals surface area contributed by atoms with Crippen molar-refractivity contribution in [2.24, 2.45) is 12.8 Å². The number of hydrogen-bond acceptors (Lipinski definition) is 2. The molecule has 5 nitrogen and oxygen atoms in total. The molecule has 0 aliphatic rings. The van der Waals surface area contributed by atoms with Gasteiger partial charge in [-0.2, -0.15) is 0 Å². The van der Waals surface area contributed by atoms with Gasteiger partial charge in [0.2, 0.25) is 0 Å². The van der Waals surface area contributed by atoms with Gasteiger partial charge in [0.1, 0.15) is 5.70 Å². The highest BCUT2D eigenvalue weighted by molar-refractivity contribution is 6.09. The molecule has 0 aliphatic heterocycles. The third-order valence-electron chi connectivity index (χ3n) is 4.80. The summed E-state index contributed by atoms with van der Waals surface area (Å²) in [5.41, 5.74) is 9.00. The Kier molecular flexibility index (Phi) is 4.41. The summed E-state index contributed by atoms with van der Waals surface area (Å²) in [5.74, 6) is -1.07. The van der Waals surface area contributed by atoms with Gasteiger partial charge in [-0.25, -0.2) is 0 Å². The highest BCUT2D eigenvalue weighted by atomic mass is 16.2. The summed E-state index contributed by atoms with van der Waals surface area (Å²) in [6.45, 7) is 0. The molecule has 0 spiro atoms. The number of hydrogen-bond donors (Lipinski definition) is 2. The van der Waals surface area contributed by atoms with Crippen molar-refractivity contribution < 1.29 is 9.59 Å². The summed E-state index contributed by atoms with van der Waals surface area (Å²) in [5, 5.41) is 4.82. The number of aryl methyl sites for hydroxylation is 1. The summed E-state index contributed by atoms with van der Waals surface area (Å²) in [6.07, 6.45) is 1.60. The first kappa shape index (κ1) is 17.5. The van der Waals surface area contributed by atoms with E-state index in [4.69, 9.17) is 5.73 Å². The third-order valence-corrected chi connectivity index (χ3v) is 4.80. The number of fused-ring (bicyclic) bond motifs is 3. The number of rotatable bonds is 4. The van der Waals surface area contributed by atoms with Crippen LogP contribution in [-0.2, 0) is 11.8 Å². The number of benzene rings is 3. The van der Waals surface area contributed by atoms with Crippen LogP contribution in [0.2, 0.25) is 0 Å². The van der Waals surface area contributed by atoms with E-state index in [0.29, 0.717) is 5.56 Å². The lowest BCUT2D eigenvalue weighted by Gasteiger charge is -2.07. The smallest absolute Gasteiger partial charge is 0.265 e. The quantitative estimate of drug-likeness (QED) is 0.539. The van der Waals surface area contributed by atoms with E-state index < -0.39 is 5.91 Å². The highest BCUT2D eigenvalue weighted by Gasteiger charge is 2.13. The van der Waals surface area contributed by atoms with Crippen LogP contribution in [0.15, 0.2) is 78.5 Å². The first-order chi connectivity index (χ1) is 13.5. The van der Waals surface area contributed by atoms with Gasteiger partial charge in [0, 0.05) is 34.4 Å². The Bertz CT molecular complexity index is 1240. The molecule has 0 saturated heterocycles. The Morgan fingerprint density at radius 2 is 1.57 bits per heavy atom. The second-order valence-electron chi connectivity index (χ2n) is 6.60. The Hall–Kier alpha value is -3.86. The number of nitrogens with zero attached hydrogens (tertiary/aromatic N) is 1. The van der Waals surface area contributed by atoms with E-state index in [-0.39, 0.29) is 11.6 Å². The molecular weight excluding hydrogens is 350 g/mol. The maximum absolute atomic E-state index is 12.4. The summed E-state index contributed by atoms with van der Waals surface area (Å²) in [6, 6.07) is 22.7. The van der Waals surface area contributed by atoms with Gasteiger partial charge in [0.15, 0.2) is 0 Å². The minimum Gasteiger partial charge on any atom is -0.364 e. The number of para-hydroxylation sites is 1. The van der Waals surface area contributed by atoms with Crippen LogP contribution in [0, 0.1) is 0 Å². The van der Waals surface area contributed by atoms with Crippen molar-refractivity contribution in [1.82, 2.24) is 9.88 Å². The molecule has 1 heterocycles. The van der Waals surface area contributed by atoms with Crippen LogP contribution in [0.4, 0.5) is 0 Å². The second-order valence-corrected chi connectivity index (χ2v) is 6.60. The first-order valence-corrected chi connectivity index (χ1v) is 8.89. The van der Waals surface area contributed by atoms with Gasteiger partial charge < -0.3 is 15.6 Å². The van der Waals surface area contributed by atoms with E-state index in [9.17, 15) is 9.59 Å². The zero-order chi connectivity index (χ0) is 19.7. The monoisotopic (exact) mass is 369 g/mol. The number of carbonyl (C=O) groups excluding carboxylic acids is 2. The van der Waals surface area contributed by atoms with Gasteiger partial charge in [-0.15, -0.1) is 0 Å². The molecule has 4 rings (SSSR count). The van der Waals surface area contributed by atoms with Gasteiger partial charge in [-0.05, 0) is 42.0 Å². The lowest BCUT2D eigenvalue weighted by molar-refractivity contribution is -0.114. The molecule has 0 aliphatic carbocycles.